The van der Waals surface area contributed by atoms with Crippen molar-refractivity contribution in [3.8, 4) is 11.5 Å². The monoisotopic (exact) mass is 193 g/mol. The zero-order valence-electron chi connectivity index (χ0n) is 7.34. The summed E-state index contributed by atoms with van der Waals surface area (Å²) in [5.41, 5.74) is 0.412. The van der Waals surface area contributed by atoms with Gasteiger partial charge in [0.15, 0.2) is 5.82 Å². The standard InChI is InChI=1S/C8H7N3O3/c1-11-3-2-9-7(11)5-4-6(8(12)13)14-10-5/h2-4H,1H3,(H,12,13). The third-order valence-corrected chi connectivity index (χ3v) is 1.77. The zero-order valence-corrected chi connectivity index (χ0v) is 7.34. The van der Waals surface area contributed by atoms with Gasteiger partial charge in [-0.25, -0.2) is 9.78 Å². The van der Waals surface area contributed by atoms with Gasteiger partial charge in [-0.05, 0) is 0 Å². The van der Waals surface area contributed by atoms with E-state index in [-0.39, 0.29) is 5.76 Å². The van der Waals surface area contributed by atoms with Crippen molar-refractivity contribution in [1.82, 2.24) is 14.7 Å². The average Bonchev–Trinajstić information content (AvgIpc) is 2.71. The summed E-state index contributed by atoms with van der Waals surface area (Å²) in [5.74, 6) is -0.762. The molecule has 0 aromatic carbocycles. The van der Waals surface area contributed by atoms with Crippen LogP contribution in [-0.4, -0.2) is 25.8 Å². The van der Waals surface area contributed by atoms with Crippen molar-refractivity contribution < 1.29 is 14.4 Å². The molecule has 0 unspecified atom stereocenters. The fraction of sp³-hybridized carbons (Fsp3) is 0.125. The van der Waals surface area contributed by atoms with Gasteiger partial charge >= 0.3 is 5.97 Å². The summed E-state index contributed by atoms with van der Waals surface area (Å²) in [5, 5.41) is 12.2. The number of hydrogen-bond donors (Lipinski definition) is 1. The number of nitrogens with zero attached hydrogens (tertiary/aromatic N) is 3. The Morgan fingerprint density at radius 1 is 1.64 bits per heavy atom. The van der Waals surface area contributed by atoms with Crippen LogP contribution in [0.1, 0.15) is 10.6 Å². The lowest BCUT2D eigenvalue weighted by atomic mass is 10.3. The molecule has 1 N–H and O–H groups in total. The maximum Gasteiger partial charge on any atom is 0.374 e. The second-order valence-corrected chi connectivity index (χ2v) is 2.74. The van der Waals surface area contributed by atoms with Crippen LogP contribution in [0.4, 0.5) is 0 Å². The molecule has 72 valence electrons. The maximum absolute atomic E-state index is 10.5. The highest BCUT2D eigenvalue weighted by Gasteiger charge is 2.14. The average molecular weight is 193 g/mol. The summed E-state index contributed by atoms with van der Waals surface area (Å²) in [4.78, 5) is 14.5. The van der Waals surface area contributed by atoms with Crippen molar-refractivity contribution in [3.05, 3.63) is 24.2 Å². The maximum atomic E-state index is 10.5. The van der Waals surface area contributed by atoms with Crippen LogP contribution in [0.3, 0.4) is 0 Å². The molecule has 0 fully saturated rings. The van der Waals surface area contributed by atoms with Crippen LogP contribution in [0.2, 0.25) is 0 Å². The number of imidazole rings is 1. The number of aromatic carboxylic acids is 1. The van der Waals surface area contributed by atoms with E-state index in [0.717, 1.165) is 0 Å². The molecule has 0 saturated heterocycles. The fourth-order valence-electron chi connectivity index (χ4n) is 1.09. The van der Waals surface area contributed by atoms with E-state index in [1.807, 2.05) is 0 Å². The number of rotatable bonds is 2. The number of carboxylic acids is 1. The predicted molar refractivity (Wildman–Crippen MR) is 45.7 cm³/mol. The number of carboxylic acid groups (broad SMARTS) is 1. The Morgan fingerprint density at radius 3 is 2.93 bits per heavy atom. The van der Waals surface area contributed by atoms with Gasteiger partial charge in [0, 0.05) is 25.5 Å². The Labute approximate surface area is 78.8 Å². The van der Waals surface area contributed by atoms with Gasteiger partial charge in [0.05, 0.1) is 0 Å². The fourth-order valence-corrected chi connectivity index (χ4v) is 1.09. The summed E-state index contributed by atoms with van der Waals surface area (Å²) < 4.78 is 6.33. The number of carbonyl (C=O) groups is 1. The van der Waals surface area contributed by atoms with Crippen LogP contribution < -0.4 is 0 Å². The highest BCUT2D eigenvalue weighted by atomic mass is 16.5. The molecule has 2 aromatic heterocycles. The lowest BCUT2D eigenvalue weighted by Gasteiger charge is -1.93. The normalized spacial score (nSPS) is 10.4. The Morgan fingerprint density at radius 2 is 2.43 bits per heavy atom. The quantitative estimate of drug-likeness (QED) is 0.761. The van der Waals surface area contributed by atoms with Crippen LogP contribution in [-0.2, 0) is 7.05 Å². The Bertz CT molecular complexity index is 472. The number of hydrogen-bond acceptors (Lipinski definition) is 4. The first-order chi connectivity index (χ1) is 6.68. The van der Waals surface area contributed by atoms with E-state index < -0.39 is 5.97 Å². The predicted octanol–water partition coefficient (Wildman–Crippen LogP) is 0.773. The van der Waals surface area contributed by atoms with Gasteiger partial charge in [-0.1, -0.05) is 5.16 Å². The van der Waals surface area contributed by atoms with Gasteiger partial charge in [-0.3, -0.25) is 0 Å². The van der Waals surface area contributed by atoms with Gasteiger partial charge in [0.25, 0.3) is 0 Å². The first-order valence-corrected chi connectivity index (χ1v) is 3.86. The lowest BCUT2D eigenvalue weighted by molar-refractivity contribution is 0.0652. The van der Waals surface area contributed by atoms with E-state index in [1.165, 1.54) is 6.07 Å². The van der Waals surface area contributed by atoms with Crippen LogP contribution in [0.15, 0.2) is 23.0 Å². The van der Waals surface area contributed by atoms with Crippen molar-refractivity contribution in [3.63, 3.8) is 0 Å². The van der Waals surface area contributed by atoms with Crippen LogP contribution in [0, 0.1) is 0 Å². The molecule has 0 radical (unpaired) electrons. The van der Waals surface area contributed by atoms with Crippen molar-refractivity contribution in [1.29, 1.82) is 0 Å². The molecule has 2 rings (SSSR count). The molecule has 0 aliphatic rings. The minimum absolute atomic E-state index is 0.192. The van der Waals surface area contributed by atoms with E-state index >= 15 is 0 Å². The second kappa shape index (κ2) is 2.99. The molecular formula is C8H7N3O3. The molecule has 2 aromatic rings. The van der Waals surface area contributed by atoms with Gasteiger partial charge < -0.3 is 14.2 Å². The van der Waals surface area contributed by atoms with Gasteiger partial charge in [-0.15, -0.1) is 0 Å². The number of aryl methyl sites for hydroxylation is 1. The molecule has 0 aliphatic carbocycles. The third-order valence-electron chi connectivity index (χ3n) is 1.77. The summed E-state index contributed by atoms with van der Waals surface area (Å²) in [6, 6.07) is 1.34. The van der Waals surface area contributed by atoms with Gasteiger partial charge in [-0.2, -0.15) is 0 Å². The molecule has 0 atom stereocenters. The highest BCUT2D eigenvalue weighted by Crippen LogP contribution is 2.15. The molecule has 0 amide bonds. The van der Waals surface area contributed by atoms with E-state index in [0.29, 0.717) is 11.5 Å². The zero-order chi connectivity index (χ0) is 10.1. The van der Waals surface area contributed by atoms with Crippen LogP contribution >= 0.6 is 0 Å². The lowest BCUT2D eigenvalue weighted by Crippen LogP contribution is -1.92. The summed E-state index contributed by atoms with van der Waals surface area (Å²) in [6.45, 7) is 0. The topological polar surface area (TPSA) is 81.2 Å². The summed E-state index contributed by atoms with van der Waals surface area (Å²) in [6.07, 6.45) is 3.34. The summed E-state index contributed by atoms with van der Waals surface area (Å²) >= 11 is 0. The Kier molecular flexibility index (Phi) is 1.81. The smallest absolute Gasteiger partial charge is 0.374 e. The second-order valence-electron chi connectivity index (χ2n) is 2.74. The largest absolute Gasteiger partial charge is 0.475 e. The Hall–Kier alpha value is -2.11. The molecule has 6 heteroatoms. The van der Waals surface area contributed by atoms with Crippen molar-refractivity contribution in [2.45, 2.75) is 0 Å². The minimum atomic E-state index is -1.14. The van der Waals surface area contributed by atoms with E-state index in [1.54, 1.807) is 24.0 Å². The molecule has 0 bridgehead atoms. The number of aromatic nitrogens is 3. The molecule has 14 heavy (non-hydrogen) atoms. The first kappa shape index (κ1) is 8.49. The van der Waals surface area contributed by atoms with Crippen molar-refractivity contribution in [2.75, 3.05) is 0 Å². The molecule has 6 nitrogen and oxygen atoms in total. The molecule has 0 saturated carbocycles. The van der Waals surface area contributed by atoms with E-state index in [4.69, 9.17) is 5.11 Å². The molecular weight excluding hydrogens is 186 g/mol. The highest BCUT2D eigenvalue weighted by molar-refractivity contribution is 5.85. The van der Waals surface area contributed by atoms with Crippen molar-refractivity contribution in [2.24, 2.45) is 7.05 Å². The molecule has 0 aliphatic heterocycles. The molecule has 2 heterocycles. The van der Waals surface area contributed by atoms with E-state index in [2.05, 4.69) is 14.7 Å². The summed E-state index contributed by atoms with van der Waals surface area (Å²) in [7, 11) is 1.79. The SMILES string of the molecule is Cn1ccnc1-c1cc(C(=O)O)on1. The minimum Gasteiger partial charge on any atom is -0.475 e. The van der Waals surface area contributed by atoms with Gasteiger partial charge in [0.2, 0.25) is 5.76 Å². The van der Waals surface area contributed by atoms with Crippen molar-refractivity contribution >= 4 is 5.97 Å². The van der Waals surface area contributed by atoms with Crippen LogP contribution in [0.5, 0.6) is 0 Å². The van der Waals surface area contributed by atoms with Gasteiger partial charge in [0.1, 0.15) is 5.69 Å². The third kappa shape index (κ3) is 1.26. The van der Waals surface area contributed by atoms with E-state index in [9.17, 15) is 4.79 Å². The van der Waals surface area contributed by atoms with Crippen LogP contribution in [0.25, 0.3) is 11.5 Å². The molecule has 0 spiro atoms. The Balaban J connectivity index is 2.43. The first-order valence-electron chi connectivity index (χ1n) is 3.86.